The smallest absolute Gasteiger partial charge is 0.0208 e. The van der Waals surface area contributed by atoms with Crippen molar-refractivity contribution in [3.8, 4) is 0 Å². The Morgan fingerprint density at radius 3 is 2.62 bits per heavy atom. The lowest BCUT2D eigenvalue weighted by Gasteiger charge is -2.33. The molecule has 0 heterocycles. The molecule has 1 aromatic rings. The zero-order valence-electron chi connectivity index (χ0n) is 10.4. The minimum absolute atomic E-state index is 0.712. The van der Waals surface area contributed by atoms with Crippen LogP contribution in [0, 0.1) is 11.8 Å². The van der Waals surface area contributed by atoms with Crippen LogP contribution in [0.4, 0.5) is 0 Å². The zero-order chi connectivity index (χ0) is 11.4. The second-order valence-electron chi connectivity index (χ2n) is 5.37. The molecule has 16 heavy (non-hydrogen) atoms. The molecule has 1 fully saturated rings. The number of hydrogen-bond donors (Lipinski definition) is 1. The predicted octanol–water partition coefficient (Wildman–Crippen LogP) is 3.60. The average Bonchev–Trinajstić information content (AvgIpc) is 2.32. The molecule has 1 heteroatoms. The van der Waals surface area contributed by atoms with Crippen molar-refractivity contribution in [3.05, 3.63) is 35.9 Å². The Morgan fingerprint density at radius 1 is 1.12 bits per heavy atom. The van der Waals surface area contributed by atoms with Gasteiger partial charge in [-0.3, -0.25) is 0 Å². The maximum Gasteiger partial charge on any atom is 0.0208 e. The normalized spacial score (nSPS) is 30.2. The van der Waals surface area contributed by atoms with Crippen LogP contribution in [-0.2, 0) is 6.54 Å². The van der Waals surface area contributed by atoms with Crippen molar-refractivity contribution in [2.45, 2.75) is 45.7 Å². The quantitative estimate of drug-likeness (QED) is 0.815. The minimum atomic E-state index is 0.712. The molecule has 1 N–H and O–H groups in total. The van der Waals surface area contributed by atoms with E-state index < -0.39 is 0 Å². The molecule has 0 saturated heterocycles. The molecule has 3 atom stereocenters. The van der Waals surface area contributed by atoms with Crippen LogP contribution in [-0.4, -0.2) is 6.04 Å². The monoisotopic (exact) mass is 217 g/mol. The van der Waals surface area contributed by atoms with E-state index in [1.54, 1.807) is 0 Å². The molecule has 0 bridgehead atoms. The lowest BCUT2D eigenvalue weighted by atomic mass is 9.80. The summed E-state index contributed by atoms with van der Waals surface area (Å²) in [6, 6.07) is 11.4. The van der Waals surface area contributed by atoms with Crippen LogP contribution < -0.4 is 5.32 Å². The first kappa shape index (κ1) is 11.7. The highest BCUT2D eigenvalue weighted by Gasteiger charge is 2.24. The SMILES string of the molecule is CC1CCC(C)C(NCc2ccccc2)C1. The fraction of sp³-hybridized carbons (Fsp3) is 0.600. The standard InChI is InChI=1S/C15H23N/c1-12-8-9-13(2)15(10-12)16-11-14-6-4-3-5-7-14/h3-7,12-13,15-16H,8-11H2,1-2H3. The lowest BCUT2D eigenvalue weighted by molar-refractivity contribution is 0.227. The van der Waals surface area contributed by atoms with Gasteiger partial charge in [0.1, 0.15) is 0 Å². The third kappa shape index (κ3) is 3.08. The molecule has 1 saturated carbocycles. The second kappa shape index (κ2) is 5.49. The molecular weight excluding hydrogens is 194 g/mol. The molecule has 1 nitrogen and oxygen atoms in total. The summed E-state index contributed by atoms with van der Waals surface area (Å²) in [5.41, 5.74) is 1.40. The van der Waals surface area contributed by atoms with Crippen LogP contribution in [0.5, 0.6) is 0 Å². The lowest BCUT2D eigenvalue weighted by Crippen LogP contribution is -2.39. The molecule has 3 unspecified atom stereocenters. The van der Waals surface area contributed by atoms with Gasteiger partial charge in [-0.05, 0) is 30.2 Å². The Morgan fingerprint density at radius 2 is 1.88 bits per heavy atom. The Kier molecular flexibility index (Phi) is 4.00. The summed E-state index contributed by atoms with van der Waals surface area (Å²) in [6.07, 6.45) is 4.13. The first-order valence-corrected chi connectivity index (χ1v) is 6.53. The highest BCUT2D eigenvalue weighted by atomic mass is 14.9. The third-order valence-corrected chi connectivity index (χ3v) is 3.87. The number of hydrogen-bond acceptors (Lipinski definition) is 1. The summed E-state index contributed by atoms with van der Waals surface area (Å²) in [4.78, 5) is 0. The summed E-state index contributed by atoms with van der Waals surface area (Å²) in [5, 5.41) is 3.72. The van der Waals surface area contributed by atoms with E-state index in [2.05, 4.69) is 49.5 Å². The highest BCUT2D eigenvalue weighted by Crippen LogP contribution is 2.28. The minimum Gasteiger partial charge on any atom is -0.310 e. The van der Waals surface area contributed by atoms with Crippen LogP contribution in [0.15, 0.2) is 30.3 Å². The van der Waals surface area contributed by atoms with Gasteiger partial charge < -0.3 is 5.32 Å². The molecule has 88 valence electrons. The van der Waals surface area contributed by atoms with E-state index in [0.717, 1.165) is 18.4 Å². The Labute approximate surface area is 99.3 Å². The van der Waals surface area contributed by atoms with Gasteiger partial charge in [0.15, 0.2) is 0 Å². The zero-order valence-corrected chi connectivity index (χ0v) is 10.4. The Balaban J connectivity index is 1.85. The molecule has 0 aromatic heterocycles. The van der Waals surface area contributed by atoms with Crippen LogP contribution in [0.3, 0.4) is 0 Å². The maximum atomic E-state index is 3.72. The molecule has 0 amide bonds. The first-order chi connectivity index (χ1) is 7.75. The van der Waals surface area contributed by atoms with Crippen molar-refractivity contribution in [2.24, 2.45) is 11.8 Å². The highest BCUT2D eigenvalue weighted by molar-refractivity contribution is 5.14. The number of nitrogens with one attached hydrogen (secondary N) is 1. The van der Waals surface area contributed by atoms with Crippen molar-refractivity contribution in [1.82, 2.24) is 5.32 Å². The van der Waals surface area contributed by atoms with Gasteiger partial charge in [-0.25, -0.2) is 0 Å². The predicted molar refractivity (Wildman–Crippen MR) is 69.2 cm³/mol. The van der Waals surface area contributed by atoms with Crippen LogP contribution >= 0.6 is 0 Å². The third-order valence-electron chi connectivity index (χ3n) is 3.87. The van der Waals surface area contributed by atoms with Crippen LogP contribution in [0.1, 0.15) is 38.7 Å². The summed E-state index contributed by atoms with van der Waals surface area (Å²) < 4.78 is 0. The van der Waals surface area contributed by atoms with E-state index in [0.29, 0.717) is 6.04 Å². The Hall–Kier alpha value is -0.820. The van der Waals surface area contributed by atoms with Crippen molar-refractivity contribution in [1.29, 1.82) is 0 Å². The van der Waals surface area contributed by atoms with Gasteiger partial charge >= 0.3 is 0 Å². The number of benzene rings is 1. The fourth-order valence-corrected chi connectivity index (χ4v) is 2.66. The first-order valence-electron chi connectivity index (χ1n) is 6.53. The van der Waals surface area contributed by atoms with E-state index in [1.807, 2.05) is 0 Å². The van der Waals surface area contributed by atoms with Crippen molar-refractivity contribution in [2.75, 3.05) is 0 Å². The molecule has 1 aromatic carbocycles. The molecule has 1 aliphatic rings. The van der Waals surface area contributed by atoms with Gasteiger partial charge in [-0.2, -0.15) is 0 Å². The van der Waals surface area contributed by atoms with E-state index >= 15 is 0 Å². The van der Waals surface area contributed by atoms with Gasteiger partial charge in [0.25, 0.3) is 0 Å². The van der Waals surface area contributed by atoms with E-state index in [4.69, 9.17) is 0 Å². The van der Waals surface area contributed by atoms with Gasteiger partial charge in [-0.1, -0.05) is 50.6 Å². The average molecular weight is 217 g/mol. The molecule has 2 rings (SSSR count). The van der Waals surface area contributed by atoms with Crippen LogP contribution in [0.25, 0.3) is 0 Å². The van der Waals surface area contributed by atoms with Gasteiger partial charge in [-0.15, -0.1) is 0 Å². The molecule has 1 aliphatic carbocycles. The van der Waals surface area contributed by atoms with Crippen molar-refractivity contribution in [3.63, 3.8) is 0 Å². The molecule has 0 aliphatic heterocycles. The fourth-order valence-electron chi connectivity index (χ4n) is 2.66. The van der Waals surface area contributed by atoms with Crippen LogP contribution in [0.2, 0.25) is 0 Å². The molecule has 0 spiro atoms. The molecule has 0 radical (unpaired) electrons. The summed E-state index contributed by atoms with van der Waals surface area (Å²) in [6.45, 7) is 5.78. The van der Waals surface area contributed by atoms with E-state index in [9.17, 15) is 0 Å². The number of rotatable bonds is 3. The van der Waals surface area contributed by atoms with Gasteiger partial charge in [0.05, 0.1) is 0 Å². The maximum absolute atomic E-state index is 3.72. The summed E-state index contributed by atoms with van der Waals surface area (Å²) in [5.74, 6) is 1.73. The molecular formula is C15H23N. The van der Waals surface area contributed by atoms with Gasteiger partial charge in [0.2, 0.25) is 0 Å². The Bertz CT molecular complexity index is 306. The van der Waals surface area contributed by atoms with Crippen molar-refractivity contribution < 1.29 is 0 Å². The van der Waals surface area contributed by atoms with E-state index in [1.165, 1.54) is 24.8 Å². The topological polar surface area (TPSA) is 12.0 Å². The summed E-state index contributed by atoms with van der Waals surface area (Å²) >= 11 is 0. The van der Waals surface area contributed by atoms with Crippen molar-refractivity contribution >= 4 is 0 Å². The van der Waals surface area contributed by atoms with E-state index in [-0.39, 0.29) is 0 Å². The largest absolute Gasteiger partial charge is 0.310 e. The van der Waals surface area contributed by atoms with Gasteiger partial charge in [0, 0.05) is 12.6 Å². The summed E-state index contributed by atoms with van der Waals surface area (Å²) in [7, 11) is 0. The second-order valence-corrected chi connectivity index (χ2v) is 5.37.